The molecule has 1 aliphatic carbocycles. The number of hydrogen-bond acceptors (Lipinski definition) is 2. The van der Waals surface area contributed by atoms with Crippen LogP contribution in [0.2, 0.25) is 0 Å². The van der Waals surface area contributed by atoms with Crippen molar-refractivity contribution in [2.24, 2.45) is 0 Å². The fourth-order valence-corrected chi connectivity index (χ4v) is 4.36. The second-order valence-electron chi connectivity index (χ2n) is 6.31. The van der Waals surface area contributed by atoms with Gasteiger partial charge in [-0.15, -0.1) is 0 Å². The van der Waals surface area contributed by atoms with E-state index in [0.717, 1.165) is 13.0 Å². The highest BCUT2D eigenvalue weighted by Crippen LogP contribution is 2.40. The summed E-state index contributed by atoms with van der Waals surface area (Å²) in [5.41, 5.74) is 1.43. The summed E-state index contributed by atoms with van der Waals surface area (Å²) < 4.78 is 1.19. The van der Waals surface area contributed by atoms with Crippen LogP contribution in [0.15, 0.2) is 28.7 Å². The van der Waals surface area contributed by atoms with Crippen LogP contribution < -0.4 is 10.6 Å². The number of nitrogens with one attached hydrogen (secondary N) is 2. The minimum Gasteiger partial charge on any atom is -0.352 e. The molecule has 3 nitrogen and oxygen atoms in total. The van der Waals surface area contributed by atoms with Gasteiger partial charge in [0, 0.05) is 29.0 Å². The first kappa shape index (κ1) is 15.0. The predicted molar refractivity (Wildman–Crippen MR) is 88.1 cm³/mol. The molecule has 1 aromatic rings. The van der Waals surface area contributed by atoms with Gasteiger partial charge >= 0.3 is 0 Å². The smallest absolute Gasteiger partial charge is 0.220 e. The first-order valence-electron chi connectivity index (χ1n) is 7.99. The average molecular weight is 351 g/mol. The van der Waals surface area contributed by atoms with E-state index in [1.165, 1.54) is 42.1 Å². The molecule has 0 spiro atoms. The molecule has 1 amide bonds. The average Bonchev–Trinajstić information content (AvgIpc) is 2.92. The fraction of sp³-hybridized carbons (Fsp3) is 0.588. The molecule has 114 valence electrons. The molecule has 2 N–H and O–H groups in total. The van der Waals surface area contributed by atoms with Crippen LogP contribution in [0.1, 0.15) is 50.5 Å². The van der Waals surface area contributed by atoms with Crippen LogP contribution >= 0.6 is 15.9 Å². The van der Waals surface area contributed by atoms with E-state index in [1.54, 1.807) is 0 Å². The SMILES string of the molecule is O=C1CCC(CNC2(c3ccccc3Br)CCCCC2)N1. The second-order valence-corrected chi connectivity index (χ2v) is 7.16. The quantitative estimate of drug-likeness (QED) is 0.872. The van der Waals surface area contributed by atoms with Crippen molar-refractivity contribution in [3.8, 4) is 0 Å². The van der Waals surface area contributed by atoms with Gasteiger partial charge in [-0.3, -0.25) is 4.79 Å². The molecule has 1 saturated carbocycles. The Kier molecular flexibility index (Phi) is 4.65. The standard InChI is InChI=1S/C17H23BrN2O/c18-15-7-3-2-6-14(15)17(10-4-1-5-11-17)19-12-13-8-9-16(21)20-13/h2-3,6-7,13,19H,1,4-5,8-12H2,(H,20,21). The minimum absolute atomic E-state index is 0.0612. The Morgan fingerprint density at radius 1 is 1.24 bits per heavy atom. The van der Waals surface area contributed by atoms with Crippen LogP contribution in [0.4, 0.5) is 0 Å². The molecular weight excluding hydrogens is 328 g/mol. The highest BCUT2D eigenvalue weighted by atomic mass is 79.9. The van der Waals surface area contributed by atoms with Gasteiger partial charge in [0.1, 0.15) is 0 Å². The molecule has 0 bridgehead atoms. The molecule has 0 aromatic heterocycles. The first-order chi connectivity index (χ1) is 10.2. The minimum atomic E-state index is 0.0612. The molecule has 4 heteroatoms. The van der Waals surface area contributed by atoms with E-state index in [9.17, 15) is 4.79 Å². The van der Waals surface area contributed by atoms with Gasteiger partial charge in [-0.05, 0) is 30.9 Å². The zero-order valence-corrected chi connectivity index (χ0v) is 13.9. The highest BCUT2D eigenvalue weighted by molar-refractivity contribution is 9.10. The van der Waals surface area contributed by atoms with Crippen LogP contribution in [-0.2, 0) is 10.3 Å². The number of benzene rings is 1. The fourth-order valence-electron chi connectivity index (χ4n) is 3.69. The lowest BCUT2D eigenvalue weighted by atomic mass is 9.76. The summed E-state index contributed by atoms with van der Waals surface area (Å²) >= 11 is 3.72. The van der Waals surface area contributed by atoms with Crippen molar-refractivity contribution < 1.29 is 4.79 Å². The van der Waals surface area contributed by atoms with Gasteiger partial charge < -0.3 is 10.6 Å². The Morgan fingerprint density at radius 3 is 2.67 bits per heavy atom. The van der Waals surface area contributed by atoms with Gasteiger partial charge in [0.2, 0.25) is 5.91 Å². The van der Waals surface area contributed by atoms with E-state index in [1.807, 2.05) is 0 Å². The van der Waals surface area contributed by atoms with E-state index in [0.29, 0.717) is 12.5 Å². The third kappa shape index (κ3) is 3.32. The van der Waals surface area contributed by atoms with Crippen molar-refractivity contribution in [3.63, 3.8) is 0 Å². The Balaban J connectivity index is 1.77. The van der Waals surface area contributed by atoms with Crippen LogP contribution in [0.3, 0.4) is 0 Å². The molecular formula is C17H23BrN2O. The maximum Gasteiger partial charge on any atom is 0.220 e. The van der Waals surface area contributed by atoms with Crippen molar-refractivity contribution >= 4 is 21.8 Å². The van der Waals surface area contributed by atoms with Crippen LogP contribution in [0, 0.1) is 0 Å². The second kappa shape index (κ2) is 6.49. The normalized spacial score (nSPS) is 24.8. The topological polar surface area (TPSA) is 41.1 Å². The summed E-state index contributed by atoms with van der Waals surface area (Å²) in [5, 5.41) is 6.87. The predicted octanol–water partition coefficient (Wildman–Crippen LogP) is 3.48. The lowest BCUT2D eigenvalue weighted by Gasteiger charge is -2.40. The number of hydrogen-bond donors (Lipinski definition) is 2. The van der Waals surface area contributed by atoms with E-state index < -0.39 is 0 Å². The monoisotopic (exact) mass is 350 g/mol. The summed E-state index contributed by atoms with van der Waals surface area (Å²) in [4.78, 5) is 11.4. The number of amides is 1. The van der Waals surface area contributed by atoms with Crippen LogP contribution in [0.5, 0.6) is 0 Å². The van der Waals surface area contributed by atoms with Gasteiger partial charge in [0.15, 0.2) is 0 Å². The maximum atomic E-state index is 11.4. The Labute approximate surface area is 135 Å². The van der Waals surface area contributed by atoms with E-state index in [-0.39, 0.29) is 11.4 Å². The van der Waals surface area contributed by atoms with E-state index in [2.05, 4.69) is 50.8 Å². The molecule has 2 fully saturated rings. The Hall–Kier alpha value is -0.870. The Bertz CT molecular complexity index is 511. The zero-order chi connectivity index (χ0) is 14.7. The molecule has 1 aliphatic heterocycles. The number of rotatable bonds is 4. The van der Waals surface area contributed by atoms with Crippen molar-refractivity contribution in [3.05, 3.63) is 34.3 Å². The number of carbonyl (C=O) groups is 1. The summed E-state index contributed by atoms with van der Waals surface area (Å²) in [6.07, 6.45) is 7.85. The third-order valence-corrected chi connectivity index (χ3v) is 5.56. The largest absolute Gasteiger partial charge is 0.352 e. The van der Waals surface area contributed by atoms with Crippen molar-refractivity contribution in [2.75, 3.05) is 6.54 Å². The summed E-state index contributed by atoms with van der Waals surface area (Å²) in [5.74, 6) is 0.195. The van der Waals surface area contributed by atoms with Gasteiger partial charge in [0.25, 0.3) is 0 Å². The number of halogens is 1. The molecule has 3 rings (SSSR count). The van der Waals surface area contributed by atoms with Gasteiger partial charge in [0.05, 0.1) is 0 Å². The maximum absolute atomic E-state index is 11.4. The van der Waals surface area contributed by atoms with Gasteiger partial charge in [-0.25, -0.2) is 0 Å². The van der Waals surface area contributed by atoms with Crippen molar-refractivity contribution in [1.29, 1.82) is 0 Å². The highest BCUT2D eigenvalue weighted by Gasteiger charge is 2.35. The summed E-state index contributed by atoms with van der Waals surface area (Å²) in [7, 11) is 0. The molecule has 1 aromatic carbocycles. The van der Waals surface area contributed by atoms with Gasteiger partial charge in [-0.2, -0.15) is 0 Å². The lowest BCUT2D eigenvalue weighted by Crippen LogP contribution is -2.49. The Morgan fingerprint density at radius 2 is 2.00 bits per heavy atom. The van der Waals surface area contributed by atoms with Crippen LogP contribution in [-0.4, -0.2) is 18.5 Å². The molecule has 1 unspecified atom stereocenters. The lowest BCUT2D eigenvalue weighted by molar-refractivity contribution is -0.119. The summed E-state index contributed by atoms with van der Waals surface area (Å²) in [6, 6.07) is 8.84. The third-order valence-electron chi connectivity index (χ3n) is 4.87. The molecule has 0 radical (unpaired) electrons. The first-order valence-corrected chi connectivity index (χ1v) is 8.78. The van der Waals surface area contributed by atoms with E-state index in [4.69, 9.17) is 0 Å². The molecule has 1 heterocycles. The van der Waals surface area contributed by atoms with E-state index >= 15 is 0 Å². The molecule has 1 atom stereocenters. The van der Waals surface area contributed by atoms with Crippen molar-refractivity contribution in [1.82, 2.24) is 10.6 Å². The molecule has 2 aliphatic rings. The zero-order valence-electron chi connectivity index (χ0n) is 12.3. The van der Waals surface area contributed by atoms with Crippen molar-refractivity contribution in [2.45, 2.75) is 56.5 Å². The number of carbonyl (C=O) groups excluding carboxylic acids is 1. The molecule has 1 saturated heterocycles. The van der Waals surface area contributed by atoms with Crippen LogP contribution in [0.25, 0.3) is 0 Å². The van der Waals surface area contributed by atoms with Gasteiger partial charge in [-0.1, -0.05) is 53.4 Å². The molecule has 21 heavy (non-hydrogen) atoms. The summed E-state index contributed by atoms with van der Waals surface area (Å²) in [6.45, 7) is 0.868.